The second-order valence-corrected chi connectivity index (χ2v) is 7.64. The minimum absolute atomic E-state index is 0.0126. The molecule has 0 unspecified atom stereocenters. The maximum Gasteiger partial charge on any atom is 0.269 e. The number of hydrogen-bond donors (Lipinski definition) is 1. The molecule has 0 spiro atoms. The quantitative estimate of drug-likeness (QED) is 0.566. The molecule has 152 valence electrons. The SMILES string of the molecule is CC(C)NC(=O)CN1CCN(CC(=O)N2CCc3cc([N+](=O)[O-])ccc32)CC1. The van der Waals surface area contributed by atoms with E-state index in [9.17, 15) is 19.7 Å². The van der Waals surface area contributed by atoms with E-state index in [4.69, 9.17) is 0 Å². The van der Waals surface area contributed by atoms with Gasteiger partial charge in [0.05, 0.1) is 18.0 Å². The van der Waals surface area contributed by atoms with Crippen LogP contribution in [0.5, 0.6) is 0 Å². The molecule has 1 saturated heterocycles. The molecule has 1 aromatic rings. The summed E-state index contributed by atoms with van der Waals surface area (Å²) >= 11 is 0. The Bertz CT molecular complexity index is 759. The van der Waals surface area contributed by atoms with Crippen molar-refractivity contribution in [3.05, 3.63) is 33.9 Å². The number of nitro benzene ring substituents is 1. The van der Waals surface area contributed by atoms with Gasteiger partial charge in [0.25, 0.3) is 5.69 Å². The zero-order valence-corrected chi connectivity index (χ0v) is 16.4. The van der Waals surface area contributed by atoms with Crippen LogP contribution in [0.25, 0.3) is 0 Å². The van der Waals surface area contributed by atoms with Crippen molar-refractivity contribution in [3.63, 3.8) is 0 Å². The molecule has 0 saturated carbocycles. The number of rotatable bonds is 6. The lowest BCUT2D eigenvalue weighted by Gasteiger charge is -2.34. The normalized spacial score (nSPS) is 17.6. The Morgan fingerprint density at radius 3 is 2.36 bits per heavy atom. The van der Waals surface area contributed by atoms with E-state index in [2.05, 4.69) is 15.1 Å². The van der Waals surface area contributed by atoms with Gasteiger partial charge in [0.15, 0.2) is 0 Å². The molecular formula is C19H27N5O4. The number of anilines is 1. The van der Waals surface area contributed by atoms with Crippen molar-refractivity contribution in [2.75, 3.05) is 50.7 Å². The van der Waals surface area contributed by atoms with Crippen molar-refractivity contribution >= 4 is 23.2 Å². The second kappa shape index (κ2) is 8.66. The standard InChI is InChI=1S/C19H27N5O4/c1-14(2)20-18(25)12-21-7-9-22(10-8-21)13-19(26)23-6-5-15-11-16(24(27)28)3-4-17(15)23/h3-4,11,14H,5-10,12-13H2,1-2H3,(H,20,25). The van der Waals surface area contributed by atoms with Gasteiger partial charge in [-0.2, -0.15) is 0 Å². The van der Waals surface area contributed by atoms with E-state index in [0.29, 0.717) is 26.1 Å². The van der Waals surface area contributed by atoms with Gasteiger partial charge < -0.3 is 10.2 Å². The van der Waals surface area contributed by atoms with E-state index in [1.165, 1.54) is 6.07 Å². The summed E-state index contributed by atoms with van der Waals surface area (Å²) in [5.74, 6) is 0.0425. The molecule has 9 nitrogen and oxygen atoms in total. The van der Waals surface area contributed by atoms with E-state index in [-0.39, 0.29) is 23.5 Å². The number of hydrogen-bond acceptors (Lipinski definition) is 6. The molecule has 2 aliphatic heterocycles. The molecule has 0 bridgehead atoms. The summed E-state index contributed by atoms with van der Waals surface area (Å²) in [7, 11) is 0. The predicted molar refractivity (Wildman–Crippen MR) is 105 cm³/mol. The van der Waals surface area contributed by atoms with Gasteiger partial charge in [0.1, 0.15) is 0 Å². The third-order valence-electron chi connectivity index (χ3n) is 5.11. The van der Waals surface area contributed by atoms with Crippen molar-refractivity contribution < 1.29 is 14.5 Å². The Hall–Kier alpha value is -2.52. The molecule has 3 rings (SSSR count). The summed E-state index contributed by atoms with van der Waals surface area (Å²) in [5, 5.41) is 13.8. The number of benzene rings is 1. The summed E-state index contributed by atoms with van der Waals surface area (Å²) in [6.45, 7) is 8.13. The van der Waals surface area contributed by atoms with Crippen LogP contribution in [0, 0.1) is 10.1 Å². The molecule has 28 heavy (non-hydrogen) atoms. The molecule has 1 fully saturated rings. The van der Waals surface area contributed by atoms with Crippen LogP contribution in [-0.4, -0.2) is 78.4 Å². The van der Waals surface area contributed by atoms with Crippen molar-refractivity contribution in [1.29, 1.82) is 0 Å². The van der Waals surface area contributed by atoms with Gasteiger partial charge in [-0.3, -0.25) is 29.5 Å². The number of amides is 2. The number of non-ortho nitro benzene ring substituents is 1. The van der Waals surface area contributed by atoms with Gasteiger partial charge in [-0.15, -0.1) is 0 Å². The molecule has 2 amide bonds. The smallest absolute Gasteiger partial charge is 0.269 e. The van der Waals surface area contributed by atoms with Gasteiger partial charge in [0, 0.05) is 56.6 Å². The third-order valence-corrected chi connectivity index (χ3v) is 5.11. The van der Waals surface area contributed by atoms with Crippen molar-refractivity contribution in [2.45, 2.75) is 26.3 Å². The minimum Gasteiger partial charge on any atom is -0.353 e. The lowest BCUT2D eigenvalue weighted by Crippen LogP contribution is -2.52. The highest BCUT2D eigenvalue weighted by Crippen LogP contribution is 2.31. The number of nitrogens with one attached hydrogen (secondary N) is 1. The fourth-order valence-electron chi connectivity index (χ4n) is 3.71. The van der Waals surface area contributed by atoms with E-state index in [1.54, 1.807) is 17.0 Å². The molecule has 9 heteroatoms. The van der Waals surface area contributed by atoms with E-state index >= 15 is 0 Å². The number of piperazine rings is 1. The molecule has 2 heterocycles. The summed E-state index contributed by atoms with van der Waals surface area (Å²) in [5.41, 5.74) is 1.69. The van der Waals surface area contributed by atoms with Crippen LogP contribution in [-0.2, 0) is 16.0 Å². The molecule has 1 N–H and O–H groups in total. The maximum atomic E-state index is 12.7. The zero-order valence-electron chi connectivity index (χ0n) is 16.4. The summed E-state index contributed by atoms with van der Waals surface area (Å²) < 4.78 is 0. The van der Waals surface area contributed by atoms with Gasteiger partial charge in [-0.05, 0) is 31.9 Å². The Labute approximate surface area is 164 Å². The summed E-state index contributed by atoms with van der Waals surface area (Å²) in [4.78, 5) is 41.0. The molecule has 0 aliphatic carbocycles. The molecular weight excluding hydrogens is 362 g/mol. The van der Waals surface area contributed by atoms with Crippen molar-refractivity contribution in [3.8, 4) is 0 Å². The van der Waals surface area contributed by atoms with Gasteiger partial charge in [-0.25, -0.2) is 0 Å². The first kappa shape index (κ1) is 20.2. The number of nitro groups is 1. The highest BCUT2D eigenvalue weighted by molar-refractivity contribution is 5.97. The first-order valence-corrected chi connectivity index (χ1v) is 9.65. The van der Waals surface area contributed by atoms with E-state index in [1.807, 2.05) is 13.8 Å². The Morgan fingerprint density at radius 2 is 1.75 bits per heavy atom. The largest absolute Gasteiger partial charge is 0.353 e. The topological polar surface area (TPSA) is 99.0 Å². The lowest BCUT2D eigenvalue weighted by molar-refractivity contribution is -0.384. The zero-order chi connectivity index (χ0) is 20.3. The fraction of sp³-hybridized carbons (Fsp3) is 0.579. The van der Waals surface area contributed by atoms with Gasteiger partial charge in [0.2, 0.25) is 11.8 Å². The van der Waals surface area contributed by atoms with Crippen LogP contribution in [0.3, 0.4) is 0 Å². The highest BCUT2D eigenvalue weighted by atomic mass is 16.6. The van der Waals surface area contributed by atoms with Crippen LogP contribution in [0.15, 0.2) is 18.2 Å². The van der Waals surface area contributed by atoms with Gasteiger partial charge in [-0.1, -0.05) is 0 Å². The first-order chi connectivity index (χ1) is 13.3. The maximum absolute atomic E-state index is 12.7. The predicted octanol–water partition coefficient (Wildman–Crippen LogP) is 0.626. The molecule has 0 radical (unpaired) electrons. The van der Waals surface area contributed by atoms with Crippen molar-refractivity contribution in [2.24, 2.45) is 0 Å². The van der Waals surface area contributed by atoms with Crippen molar-refractivity contribution in [1.82, 2.24) is 15.1 Å². The third kappa shape index (κ3) is 4.85. The monoisotopic (exact) mass is 389 g/mol. The number of fused-ring (bicyclic) bond motifs is 1. The van der Waals surface area contributed by atoms with Crippen LogP contribution < -0.4 is 10.2 Å². The number of nitrogens with zero attached hydrogens (tertiary/aromatic N) is 4. The molecule has 0 atom stereocenters. The number of carbonyl (C=O) groups is 2. The average molecular weight is 389 g/mol. The van der Waals surface area contributed by atoms with Crippen LogP contribution >= 0.6 is 0 Å². The molecule has 0 aromatic heterocycles. The summed E-state index contributed by atoms with van der Waals surface area (Å²) in [6.07, 6.45) is 0.640. The Balaban J connectivity index is 1.50. The minimum atomic E-state index is -0.411. The fourth-order valence-corrected chi connectivity index (χ4v) is 3.71. The summed E-state index contributed by atoms with van der Waals surface area (Å²) in [6, 6.07) is 4.81. The van der Waals surface area contributed by atoms with E-state index < -0.39 is 4.92 Å². The average Bonchev–Trinajstić information content (AvgIpc) is 3.06. The van der Waals surface area contributed by atoms with Crippen LogP contribution in [0.2, 0.25) is 0 Å². The Kier molecular flexibility index (Phi) is 6.25. The second-order valence-electron chi connectivity index (χ2n) is 7.64. The Morgan fingerprint density at radius 1 is 1.11 bits per heavy atom. The first-order valence-electron chi connectivity index (χ1n) is 9.65. The van der Waals surface area contributed by atoms with Crippen LogP contribution in [0.1, 0.15) is 19.4 Å². The number of carbonyl (C=O) groups excluding carboxylic acids is 2. The lowest BCUT2D eigenvalue weighted by atomic mass is 10.1. The van der Waals surface area contributed by atoms with Gasteiger partial charge >= 0.3 is 0 Å². The van der Waals surface area contributed by atoms with Crippen LogP contribution in [0.4, 0.5) is 11.4 Å². The molecule has 1 aromatic carbocycles. The van der Waals surface area contributed by atoms with E-state index in [0.717, 1.165) is 37.4 Å². The molecule has 2 aliphatic rings. The highest BCUT2D eigenvalue weighted by Gasteiger charge is 2.28.